The Labute approximate surface area is 195 Å². The standard InChI is InChI=1S/C24H28F5N3O2/c1-6-8-19(32(5)14-16(3)24(27,28)29)18-11-9-17(10-12-18)15-33-22-20(34-23(4,25)26)13-30-21(7-2)31-22/h8-14H,6-7,15H2,1-5H3/b16-14+,19-8-. The van der Waals surface area contributed by atoms with E-state index >= 15 is 0 Å². The summed E-state index contributed by atoms with van der Waals surface area (Å²) in [7, 11) is 1.55. The number of halogens is 5. The van der Waals surface area contributed by atoms with Crippen LogP contribution in [-0.4, -0.2) is 34.2 Å². The largest absolute Gasteiger partial charge is 0.470 e. The van der Waals surface area contributed by atoms with Crippen LogP contribution < -0.4 is 9.47 Å². The molecular formula is C24H28F5N3O2. The molecule has 186 valence electrons. The molecule has 34 heavy (non-hydrogen) atoms. The topological polar surface area (TPSA) is 47.5 Å². The molecule has 0 amide bonds. The van der Waals surface area contributed by atoms with Gasteiger partial charge >= 0.3 is 12.3 Å². The van der Waals surface area contributed by atoms with Gasteiger partial charge in [-0.3, -0.25) is 0 Å². The van der Waals surface area contributed by atoms with E-state index in [0.717, 1.165) is 19.3 Å². The zero-order valence-corrected chi connectivity index (χ0v) is 19.7. The number of aryl methyl sites for hydroxylation is 1. The first-order chi connectivity index (χ1) is 15.8. The van der Waals surface area contributed by atoms with Gasteiger partial charge in [0.05, 0.1) is 6.20 Å². The fourth-order valence-electron chi connectivity index (χ4n) is 2.94. The second-order valence-corrected chi connectivity index (χ2v) is 7.62. The molecule has 0 N–H and O–H groups in total. The third-order valence-electron chi connectivity index (χ3n) is 4.61. The summed E-state index contributed by atoms with van der Waals surface area (Å²) in [5.41, 5.74) is 1.32. The molecule has 0 bridgehead atoms. The maximum Gasteiger partial charge on any atom is 0.413 e. The minimum Gasteiger partial charge on any atom is -0.470 e. The lowest BCUT2D eigenvalue weighted by Gasteiger charge is -2.21. The van der Waals surface area contributed by atoms with Crippen LogP contribution in [-0.2, 0) is 13.0 Å². The van der Waals surface area contributed by atoms with Crippen LogP contribution >= 0.6 is 0 Å². The summed E-state index contributed by atoms with van der Waals surface area (Å²) in [6.45, 7) is 5.34. The average Bonchev–Trinajstić information content (AvgIpc) is 2.75. The Morgan fingerprint density at radius 2 is 1.74 bits per heavy atom. The summed E-state index contributed by atoms with van der Waals surface area (Å²) < 4.78 is 75.6. The van der Waals surface area contributed by atoms with E-state index in [1.165, 1.54) is 4.90 Å². The van der Waals surface area contributed by atoms with Gasteiger partial charge in [-0.25, -0.2) is 4.98 Å². The fourth-order valence-corrected chi connectivity index (χ4v) is 2.94. The van der Waals surface area contributed by atoms with Crippen molar-refractivity contribution in [3.8, 4) is 11.6 Å². The lowest BCUT2D eigenvalue weighted by molar-refractivity contribution is -0.160. The molecule has 0 spiro atoms. The molecule has 0 radical (unpaired) electrons. The highest BCUT2D eigenvalue weighted by atomic mass is 19.4. The van der Waals surface area contributed by atoms with Crippen molar-refractivity contribution in [2.24, 2.45) is 0 Å². The predicted molar refractivity (Wildman–Crippen MR) is 119 cm³/mol. The molecule has 0 aliphatic rings. The second-order valence-electron chi connectivity index (χ2n) is 7.62. The van der Waals surface area contributed by atoms with Gasteiger partial charge in [0.1, 0.15) is 12.4 Å². The molecular weight excluding hydrogens is 457 g/mol. The van der Waals surface area contributed by atoms with Gasteiger partial charge in [-0.15, -0.1) is 0 Å². The van der Waals surface area contributed by atoms with Crippen molar-refractivity contribution in [3.63, 3.8) is 0 Å². The molecule has 0 aliphatic heterocycles. The van der Waals surface area contributed by atoms with Crippen molar-refractivity contribution in [1.82, 2.24) is 14.9 Å². The quantitative estimate of drug-likeness (QED) is 0.348. The third-order valence-corrected chi connectivity index (χ3v) is 4.61. The molecule has 2 rings (SSSR count). The molecule has 0 aliphatic carbocycles. The highest BCUT2D eigenvalue weighted by Gasteiger charge is 2.30. The third kappa shape index (κ3) is 8.00. The smallest absolute Gasteiger partial charge is 0.413 e. The monoisotopic (exact) mass is 485 g/mol. The van der Waals surface area contributed by atoms with Crippen LogP contribution in [0.25, 0.3) is 5.70 Å². The molecule has 5 nitrogen and oxygen atoms in total. The van der Waals surface area contributed by atoms with E-state index in [-0.39, 0.29) is 18.2 Å². The number of allylic oxidation sites excluding steroid dienone is 2. The van der Waals surface area contributed by atoms with Crippen LogP contribution in [0.2, 0.25) is 0 Å². The number of nitrogens with zero attached hydrogens (tertiary/aromatic N) is 3. The van der Waals surface area contributed by atoms with E-state index < -0.39 is 17.9 Å². The maximum absolute atomic E-state index is 13.3. The minimum absolute atomic E-state index is 0.0157. The Morgan fingerprint density at radius 3 is 2.26 bits per heavy atom. The number of ether oxygens (including phenoxy) is 2. The average molecular weight is 485 g/mol. The van der Waals surface area contributed by atoms with Gasteiger partial charge in [-0.1, -0.05) is 44.2 Å². The number of benzene rings is 1. The summed E-state index contributed by atoms with van der Waals surface area (Å²) in [6.07, 6.45) is -2.70. The zero-order chi connectivity index (χ0) is 25.5. The Morgan fingerprint density at radius 1 is 1.09 bits per heavy atom. The first-order valence-corrected chi connectivity index (χ1v) is 10.7. The molecule has 10 heteroatoms. The molecule has 0 atom stereocenters. The Bertz CT molecular complexity index is 1010. The number of hydrogen-bond donors (Lipinski definition) is 0. The number of hydrogen-bond acceptors (Lipinski definition) is 5. The van der Waals surface area contributed by atoms with E-state index in [4.69, 9.17) is 4.74 Å². The van der Waals surface area contributed by atoms with Gasteiger partial charge < -0.3 is 14.4 Å². The highest BCUT2D eigenvalue weighted by molar-refractivity contribution is 5.65. The van der Waals surface area contributed by atoms with Gasteiger partial charge in [0.2, 0.25) is 5.75 Å². The summed E-state index contributed by atoms with van der Waals surface area (Å²) in [4.78, 5) is 9.52. The summed E-state index contributed by atoms with van der Waals surface area (Å²) in [6, 6.07) is 6.98. The van der Waals surface area contributed by atoms with Crippen LogP contribution in [0.5, 0.6) is 11.6 Å². The van der Waals surface area contributed by atoms with E-state index in [1.807, 2.05) is 19.9 Å². The molecule has 1 aromatic heterocycles. The molecule has 0 fully saturated rings. The van der Waals surface area contributed by atoms with Crippen molar-refractivity contribution in [1.29, 1.82) is 0 Å². The number of alkyl halides is 5. The zero-order valence-electron chi connectivity index (χ0n) is 19.7. The first-order valence-electron chi connectivity index (χ1n) is 10.7. The van der Waals surface area contributed by atoms with Crippen LogP contribution in [0.3, 0.4) is 0 Å². The highest BCUT2D eigenvalue weighted by Crippen LogP contribution is 2.30. The van der Waals surface area contributed by atoms with Crippen molar-refractivity contribution in [3.05, 3.63) is 65.3 Å². The van der Waals surface area contributed by atoms with Gasteiger partial charge in [0.15, 0.2) is 0 Å². The van der Waals surface area contributed by atoms with Gasteiger partial charge in [0.25, 0.3) is 5.88 Å². The molecule has 1 heterocycles. The lowest BCUT2D eigenvalue weighted by atomic mass is 10.1. The first kappa shape index (κ1) is 27.1. The molecule has 0 saturated carbocycles. The Balaban J connectivity index is 2.20. The van der Waals surface area contributed by atoms with Crippen LogP contribution in [0, 0.1) is 0 Å². The van der Waals surface area contributed by atoms with Crippen molar-refractivity contribution in [2.45, 2.75) is 59.4 Å². The molecule has 2 aromatic rings. The van der Waals surface area contributed by atoms with E-state index in [9.17, 15) is 22.0 Å². The lowest BCUT2D eigenvalue weighted by Crippen LogP contribution is -2.20. The Kier molecular flexibility index (Phi) is 9.00. The molecule has 0 unspecified atom stereocenters. The predicted octanol–water partition coefficient (Wildman–Crippen LogP) is 6.76. The van der Waals surface area contributed by atoms with Crippen molar-refractivity contribution >= 4 is 5.70 Å². The van der Waals surface area contributed by atoms with E-state index in [0.29, 0.717) is 42.4 Å². The van der Waals surface area contributed by atoms with Gasteiger partial charge in [0, 0.05) is 37.9 Å². The summed E-state index contributed by atoms with van der Waals surface area (Å²) >= 11 is 0. The summed E-state index contributed by atoms with van der Waals surface area (Å²) in [5, 5.41) is 0. The van der Waals surface area contributed by atoms with Gasteiger partial charge in [-0.2, -0.15) is 26.9 Å². The molecule has 0 saturated heterocycles. The normalized spacial score (nSPS) is 13.1. The minimum atomic E-state index is -4.41. The second kappa shape index (κ2) is 11.3. The number of rotatable bonds is 10. The van der Waals surface area contributed by atoms with Crippen LogP contribution in [0.15, 0.2) is 48.3 Å². The SMILES string of the molecule is CC/C=C(/c1ccc(COc2nc(CC)ncc2OC(C)(F)F)cc1)N(C)/C=C(\C)C(F)(F)F. The maximum atomic E-state index is 13.3. The van der Waals surface area contributed by atoms with Crippen molar-refractivity contribution in [2.75, 3.05) is 7.05 Å². The van der Waals surface area contributed by atoms with E-state index in [2.05, 4.69) is 14.7 Å². The van der Waals surface area contributed by atoms with Gasteiger partial charge in [-0.05, 0) is 24.5 Å². The Hall–Kier alpha value is -3.17. The van der Waals surface area contributed by atoms with Crippen molar-refractivity contribution < 1.29 is 31.4 Å². The van der Waals surface area contributed by atoms with Crippen LogP contribution in [0.4, 0.5) is 22.0 Å². The summed E-state index contributed by atoms with van der Waals surface area (Å²) in [5.74, 6) is 0.0381. The fraction of sp³-hybridized carbons (Fsp3) is 0.417. The van der Waals surface area contributed by atoms with Crippen LogP contribution in [0.1, 0.15) is 51.1 Å². The van der Waals surface area contributed by atoms with E-state index in [1.54, 1.807) is 31.3 Å². The number of aromatic nitrogens is 2. The molecule has 1 aromatic carbocycles.